The molecular formula is C25H26FN3O4S. The minimum atomic E-state index is -3.72. The molecule has 4 rings (SSSR count). The molecule has 3 aromatic carbocycles. The van der Waals surface area contributed by atoms with E-state index in [0.29, 0.717) is 23.6 Å². The molecule has 0 saturated heterocycles. The Balaban J connectivity index is 1.25. The molecule has 34 heavy (non-hydrogen) atoms. The van der Waals surface area contributed by atoms with Gasteiger partial charge in [-0.15, -0.1) is 0 Å². The van der Waals surface area contributed by atoms with Crippen LogP contribution < -0.4 is 14.8 Å². The molecule has 2 N–H and O–H groups in total. The standard InChI is InChI=1S/C25H26FN3O4S/c1-32-21-8-5-9-22(16-21)34(30,31)29-20-7-4-6-18(14-20)17-27-13-3-2-10-24-23-12-11-19(26)15-25(23)33-28-24/h4-9,11-12,14-16,27,29H,2-3,10,13,17H2,1H3. The Labute approximate surface area is 198 Å². The molecule has 178 valence electrons. The molecule has 0 unspecified atom stereocenters. The van der Waals surface area contributed by atoms with Gasteiger partial charge in [-0.25, -0.2) is 12.8 Å². The van der Waals surface area contributed by atoms with Gasteiger partial charge in [0.1, 0.15) is 11.6 Å². The molecule has 0 aliphatic heterocycles. The van der Waals surface area contributed by atoms with E-state index in [0.717, 1.165) is 42.5 Å². The van der Waals surface area contributed by atoms with Crippen LogP contribution in [-0.2, 0) is 23.0 Å². The first-order chi connectivity index (χ1) is 16.4. The monoisotopic (exact) mass is 483 g/mol. The number of aromatic nitrogens is 1. The highest BCUT2D eigenvalue weighted by atomic mass is 32.2. The largest absolute Gasteiger partial charge is 0.497 e. The molecule has 0 fully saturated rings. The third-order valence-electron chi connectivity index (χ3n) is 5.39. The first kappa shape index (κ1) is 23.7. The van der Waals surface area contributed by atoms with Crippen LogP contribution in [-0.4, -0.2) is 27.2 Å². The highest BCUT2D eigenvalue weighted by Crippen LogP contribution is 2.22. The van der Waals surface area contributed by atoms with Gasteiger partial charge in [0.15, 0.2) is 5.58 Å². The summed E-state index contributed by atoms with van der Waals surface area (Å²) in [5.41, 5.74) is 2.77. The SMILES string of the molecule is COc1cccc(S(=O)(=O)Nc2cccc(CNCCCCc3noc4cc(F)ccc34)c2)c1. The third kappa shape index (κ3) is 5.92. The molecule has 9 heteroatoms. The molecule has 0 radical (unpaired) electrons. The lowest BCUT2D eigenvalue weighted by molar-refractivity contribution is 0.413. The van der Waals surface area contributed by atoms with Crippen molar-refractivity contribution in [1.82, 2.24) is 10.5 Å². The lowest BCUT2D eigenvalue weighted by atomic mass is 10.1. The van der Waals surface area contributed by atoms with E-state index in [1.54, 1.807) is 24.3 Å². The minimum absolute atomic E-state index is 0.139. The van der Waals surface area contributed by atoms with Gasteiger partial charge in [0.25, 0.3) is 10.0 Å². The molecule has 0 amide bonds. The number of anilines is 1. The topological polar surface area (TPSA) is 93.5 Å². The van der Waals surface area contributed by atoms with Gasteiger partial charge in [0.05, 0.1) is 17.7 Å². The Bertz CT molecular complexity index is 1370. The van der Waals surface area contributed by atoms with E-state index in [4.69, 9.17) is 9.26 Å². The fraction of sp³-hybridized carbons (Fsp3) is 0.240. The zero-order valence-electron chi connectivity index (χ0n) is 18.8. The average Bonchev–Trinajstić information content (AvgIpc) is 3.23. The molecule has 4 aromatic rings. The molecule has 1 heterocycles. The van der Waals surface area contributed by atoms with Crippen molar-refractivity contribution < 1.29 is 22.1 Å². The molecule has 0 spiro atoms. The van der Waals surface area contributed by atoms with Crippen LogP contribution >= 0.6 is 0 Å². The number of rotatable bonds is 11. The number of aryl methyl sites for hydroxylation is 1. The smallest absolute Gasteiger partial charge is 0.262 e. The van der Waals surface area contributed by atoms with Crippen LogP contribution in [0.2, 0.25) is 0 Å². The summed E-state index contributed by atoms with van der Waals surface area (Å²) in [6, 6.07) is 18.1. The van der Waals surface area contributed by atoms with Gasteiger partial charge in [-0.3, -0.25) is 4.72 Å². The van der Waals surface area contributed by atoms with Crippen LogP contribution in [0.3, 0.4) is 0 Å². The summed E-state index contributed by atoms with van der Waals surface area (Å²) in [6.07, 6.45) is 2.59. The van der Waals surface area contributed by atoms with Crippen LogP contribution in [0.5, 0.6) is 5.75 Å². The number of hydrogen-bond donors (Lipinski definition) is 2. The van der Waals surface area contributed by atoms with Gasteiger partial charge in [-0.2, -0.15) is 0 Å². The summed E-state index contributed by atoms with van der Waals surface area (Å²) in [5, 5.41) is 8.27. The normalized spacial score (nSPS) is 11.6. The number of methoxy groups -OCH3 is 1. The van der Waals surface area contributed by atoms with E-state index in [1.807, 2.05) is 18.2 Å². The molecule has 0 aliphatic rings. The number of benzene rings is 3. The van der Waals surface area contributed by atoms with Crippen LogP contribution in [0.25, 0.3) is 11.0 Å². The fourth-order valence-corrected chi connectivity index (χ4v) is 4.73. The Morgan fingerprint density at radius 2 is 1.88 bits per heavy atom. The number of fused-ring (bicyclic) bond motifs is 1. The van der Waals surface area contributed by atoms with Crippen molar-refractivity contribution in [1.29, 1.82) is 0 Å². The number of halogens is 1. The van der Waals surface area contributed by atoms with Crippen molar-refractivity contribution in [2.45, 2.75) is 30.7 Å². The van der Waals surface area contributed by atoms with E-state index in [9.17, 15) is 12.8 Å². The zero-order valence-corrected chi connectivity index (χ0v) is 19.6. The Morgan fingerprint density at radius 3 is 2.74 bits per heavy atom. The summed E-state index contributed by atoms with van der Waals surface area (Å²) < 4.78 is 51.6. The van der Waals surface area contributed by atoms with E-state index in [-0.39, 0.29) is 10.7 Å². The second kappa shape index (κ2) is 10.7. The maximum absolute atomic E-state index is 13.3. The van der Waals surface area contributed by atoms with Crippen LogP contribution in [0, 0.1) is 5.82 Å². The maximum Gasteiger partial charge on any atom is 0.262 e. The predicted octanol–water partition coefficient (Wildman–Crippen LogP) is 4.89. The van der Waals surface area contributed by atoms with Gasteiger partial charge < -0.3 is 14.6 Å². The Hall–Kier alpha value is -3.43. The highest BCUT2D eigenvalue weighted by Gasteiger charge is 2.15. The second-order valence-electron chi connectivity index (χ2n) is 7.89. The average molecular weight is 484 g/mol. The molecule has 0 saturated carbocycles. The molecular weight excluding hydrogens is 457 g/mol. The van der Waals surface area contributed by atoms with E-state index in [1.165, 1.54) is 31.4 Å². The molecule has 1 aromatic heterocycles. The first-order valence-corrected chi connectivity index (χ1v) is 12.4. The van der Waals surface area contributed by atoms with Crippen molar-refractivity contribution in [3.05, 3.63) is 83.8 Å². The summed E-state index contributed by atoms with van der Waals surface area (Å²) in [5.74, 6) is 0.142. The van der Waals surface area contributed by atoms with Crippen LogP contribution in [0.1, 0.15) is 24.1 Å². The predicted molar refractivity (Wildman–Crippen MR) is 129 cm³/mol. The molecule has 0 aliphatic carbocycles. The number of sulfonamides is 1. The Kier molecular flexibility index (Phi) is 7.44. The third-order valence-corrected chi connectivity index (χ3v) is 6.76. The van der Waals surface area contributed by atoms with Crippen molar-refractivity contribution >= 4 is 26.7 Å². The fourth-order valence-electron chi connectivity index (χ4n) is 3.65. The summed E-state index contributed by atoms with van der Waals surface area (Å²) >= 11 is 0. The van der Waals surface area contributed by atoms with Gasteiger partial charge >= 0.3 is 0 Å². The molecule has 7 nitrogen and oxygen atoms in total. The Morgan fingerprint density at radius 1 is 1.03 bits per heavy atom. The zero-order chi connectivity index (χ0) is 24.0. The second-order valence-corrected chi connectivity index (χ2v) is 9.57. The lowest BCUT2D eigenvalue weighted by Gasteiger charge is -2.11. The number of nitrogens with one attached hydrogen (secondary N) is 2. The number of unbranched alkanes of at least 4 members (excludes halogenated alkanes) is 1. The van der Waals surface area contributed by atoms with Crippen molar-refractivity contribution in [3.8, 4) is 5.75 Å². The quantitative estimate of drug-likeness (QED) is 0.295. The number of nitrogens with zero attached hydrogens (tertiary/aromatic N) is 1. The summed E-state index contributed by atoms with van der Waals surface area (Å²) in [6.45, 7) is 1.41. The van der Waals surface area contributed by atoms with Crippen LogP contribution in [0.15, 0.2) is 76.1 Å². The van der Waals surface area contributed by atoms with E-state index < -0.39 is 10.0 Å². The van der Waals surface area contributed by atoms with Crippen molar-refractivity contribution in [2.75, 3.05) is 18.4 Å². The van der Waals surface area contributed by atoms with Crippen LogP contribution in [0.4, 0.5) is 10.1 Å². The minimum Gasteiger partial charge on any atom is -0.497 e. The van der Waals surface area contributed by atoms with Gasteiger partial charge in [-0.05, 0) is 67.8 Å². The highest BCUT2D eigenvalue weighted by molar-refractivity contribution is 7.92. The van der Waals surface area contributed by atoms with Gasteiger partial charge in [-0.1, -0.05) is 23.4 Å². The summed E-state index contributed by atoms with van der Waals surface area (Å²) in [7, 11) is -2.23. The molecule has 0 atom stereocenters. The van der Waals surface area contributed by atoms with E-state index >= 15 is 0 Å². The van der Waals surface area contributed by atoms with E-state index in [2.05, 4.69) is 15.2 Å². The van der Waals surface area contributed by atoms with Crippen molar-refractivity contribution in [2.24, 2.45) is 0 Å². The first-order valence-electron chi connectivity index (χ1n) is 10.9. The lowest BCUT2D eigenvalue weighted by Crippen LogP contribution is -2.16. The van der Waals surface area contributed by atoms with Crippen molar-refractivity contribution in [3.63, 3.8) is 0 Å². The summed E-state index contributed by atoms with van der Waals surface area (Å²) in [4.78, 5) is 0.139. The number of hydrogen-bond acceptors (Lipinski definition) is 6. The maximum atomic E-state index is 13.3. The van der Waals surface area contributed by atoms with Gasteiger partial charge in [0.2, 0.25) is 0 Å². The number of ether oxygens (including phenoxy) is 1. The molecule has 0 bridgehead atoms. The van der Waals surface area contributed by atoms with Gasteiger partial charge in [0, 0.05) is 29.8 Å².